The number of amides is 1. The van der Waals surface area contributed by atoms with Crippen molar-refractivity contribution in [2.45, 2.75) is 58.6 Å². The Hall–Kier alpha value is -4.94. The first kappa shape index (κ1) is 34.9. The van der Waals surface area contributed by atoms with Crippen molar-refractivity contribution in [1.82, 2.24) is 14.0 Å². The monoisotopic (exact) mass is 659 g/mol. The number of hydrogen-bond donors (Lipinski definition) is 0. The second-order valence-electron chi connectivity index (χ2n) is 11.8. The number of aromatic nitrogens is 2. The van der Waals surface area contributed by atoms with Gasteiger partial charge in [-0.3, -0.25) is 13.9 Å². The second-order valence-corrected chi connectivity index (χ2v) is 11.8. The number of carbonyl (C=O) groups excluding carboxylic acids is 1. The van der Waals surface area contributed by atoms with Crippen molar-refractivity contribution in [1.29, 1.82) is 0 Å². The third-order valence-electron chi connectivity index (χ3n) is 7.57. The first-order valence-electron chi connectivity index (χ1n) is 14.5. The topological polar surface area (TPSA) is 82.8 Å². The van der Waals surface area contributed by atoms with Gasteiger partial charge in [-0.25, -0.2) is 18.4 Å². The number of hydrogen-bond acceptors (Lipinski definition) is 5. The van der Waals surface area contributed by atoms with Crippen molar-refractivity contribution in [3.8, 4) is 16.9 Å². The molecule has 0 aliphatic heterocycles. The highest BCUT2D eigenvalue weighted by molar-refractivity contribution is 5.69. The van der Waals surface area contributed by atoms with Crippen LogP contribution in [0.2, 0.25) is 0 Å². The van der Waals surface area contributed by atoms with Crippen LogP contribution >= 0.6 is 0 Å². The average molecular weight is 660 g/mol. The maximum atomic E-state index is 15.7. The molecule has 250 valence electrons. The van der Waals surface area contributed by atoms with Crippen LogP contribution in [0.25, 0.3) is 11.1 Å². The van der Waals surface area contributed by atoms with Gasteiger partial charge in [0, 0.05) is 23.9 Å². The van der Waals surface area contributed by atoms with Crippen LogP contribution in [0.4, 0.5) is 26.7 Å². The first-order chi connectivity index (χ1) is 22.0. The van der Waals surface area contributed by atoms with E-state index >= 15 is 8.78 Å². The Labute approximate surface area is 267 Å². The zero-order valence-electron chi connectivity index (χ0n) is 26.6. The van der Waals surface area contributed by atoms with Gasteiger partial charge < -0.3 is 14.4 Å². The van der Waals surface area contributed by atoms with Gasteiger partial charge in [0.15, 0.2) is 11.6 Å². The van der Waals surface area contributed by atoms with Gasteiger partial charge in [-0.05, 0) is 51.5 Å². The highest BCUT2D eigenvalue weighted by Crippen LogP contribution is 2.34. The Morgan fingerprint density at radius 1 is 0.915 bits per heavy atom. The summed E-state index contributed by atoms with van der Waals surface area (Å²) in [4.78, 5) is 42.7. The number of halogens is 5. The van der Waals surface area contributed by atoms with E-state index < -0.39 is 71.0 Å². The molecule has 3 aromatic carbocycles. The Morgan fingerprint density at radius 2 is 1.55 bits per heavy atom. The van der Waals surface area contributed by atoms with Crippen LogP contribution in [0.15, 0.2) is 76.3 Å². The lowest BCUT2D eigenvalue weighted by molar-refractivity contribution is -0.138. The van der Waals surface area contributed by atoms with E-state index in [1.165, 1.54) is 44.2 Å². The minimum Gasteiger partial charge on any atom is -0.494 e. The Balaban J connectivity index is 2.03. The molecule has 0 aliphatic carbocycles. The molecule has 0 fully saturated rings. The third-order valence-corrected chi connectivity index (χ3v) is 7.57. The summed E-state index contributed by atoms with van der Waals surface area (Å²) >= 11 is 0. The van der Waals surface area contributed by atoms with E-state index in [2.05, 4.69) is 0 Å². The number of carbonyl (C=O) groups is 1. The molecule has 1 aromatic heterocycles. The SMILES string of the molecule is COc1cccc(-c2c(C)n(Cc3c(F)cccc3C(F)(F)F)c(=O)n(CC(c3ccccc3)N(C)C(=O)OC(C)(C)C)c2=O)c1F. The maximum Gasteiger partial charge on any atom is 0.416 e. The number of rotatable bonds is 8. The molecule has 47 heavy (non-hydrogen) atoms. The highest BCUT2D eigenvalue weighted by atomic mass is 19.4. The number of ether oxygens (including phenoxy) is 2. The molecule has 1 unspecified atom stereocenters. The molecule has 13 heteroatoms. The lowest BCUT2D eigenvalue weighted by Gasteiger charge is -2.31. The van der Waals surface area contributed by atoms with Gasteiger partial charge in [0.1, 0.15) is 11.4 Å². The summed E-state index contributed by atoms with van der Waals surface area (Å²) in [6.45, 7) is 4.78. The minimum atomic E-state index is -4.97. The van der Waals surface area contributed by atoms with Crippen molar-refractivity contribution in [3.05, 3.63) is 122 Å². The molecule has 0 bridgehead atoms. The summed E-state index contributed by atoms with van der Waals surface area (Å²) < 4.78 is 84.7. The molecule has 1 atom stereocenters. The largest absolute Gasteiger partial charge is 0.494 e. The quantitative estimate of drug-likeness (QED) is 0.191. The molecule has 1 heterocycles. The van der Waals surface area contributed by atoms with Gasteiger partial charge in [0.05, 0.1) is 37.4 Å². The van der Waals surface area contributed by atoms with Crippen LogP contribution in [0.1, 0.15) is 49.2 Å². The molecule has 0 radical (unpaired) electrons. The van der Waals surface area contributed by atoms with Gasteiger partial charge in [-0.15, -0.1) is 0 Å². The Bertz CT molecular complexity index is 1900. The van der Waals surface area contributed by atoms with Crippen LogP contribution in [-0.2, 0) is 24.0 Å². The van der Waals surface area contributed by atoms with Crippen molar-refractivity contribution < 1.29 is 36.2 Å². The van der Waals surface area contributed by atoms with E-state index in [-0.39, 0.29) is 22.6 Å². The number of benzene rings is 3. The zero-order chi connectivity index (χ0) is 34.8. The number of nitrogens with zero attached hydrogens (tertiary/aromatic N) is 3. The Kier molecular flexibility index (Phi) is 9.98. The summed E-state index contributed by atoms with van der Waals surface area (Å²) in [5.41, 5.74) is -5.53. The summed E-state index contributed by atoms with van der Waals surface area (Å²) in [5.74, 6) is -2.42. The van der Waals surface area contributed by atoms with Crippen molar-refractivity contribution in [3.63, 3.8) is 0 Å². The smallest absolute Gasteiger partial charge is 0.416 e. The fourth-order valence-corrected chi connectivity index (χ4v) is 5.22. The van der Waals surface area contributed by atoms with Gasteiger partial charge in [-0.1, -0.05) is 48.5 Å². The molecular weight excluding hydrogens is 625 g/mol. The predicted molar refractivity (Wildman–Crippen MR) is 165 cm³/mol. The summed E-state index contributed by atoms with van der Waals surface area (Å²) in [6.07, 6.45) is -5.76. The third kappa shape index (κ3) is 7.39. The lowest BCUT2D eigenvalue weighted by Crippen LogP contribution is -2.46. The zero-order valence-corrected chi connectivity index (χ0v) is 26.6. The molecule has 0 saturated carbocycles. The highest BCUT2D eigenvalue weighted by Gasteiger charge is 2.35. The predicted octanol–water partition coefficient (Wildman–Crippen LogP) is 6.95. The van der Waals surface area contributed by atoms with Crippen molar-refractivity contribution in [2.24, 2.45) is 0 Å². The molecule has 1 amide bonds. The minimum absolute atomic E-state index is 0.212. The van der Waals surface area contributed by atoms with Crippen molar-refractivity contribution >= 4 is 6.09 Å². The van der Waals surface area contributed by atoms with Gasteiger partial charge in [0.25, 0.3) is 5.56 Å². The number of methoxy groups -OCH3 is 1. The van der Waals surface area contributed by atoms with E-state index in [9.17, 15) is 27.6 Å². The van der Waals surface area contributed by atoms with E-state index in [1.807, 2.05) is 0 Å². The van der Waals surface area contributed by atoms with Gasteiger partial charge in [0.2, 0.25) is 0 Å². The molecule has 4 rings (SSSR count). The lowest BCUT2D eigenvalue weighted by atomic mass is 10.0. The molecule has 0 aliphatic rings. The molecular formula is C34H34F5N3O5. The fraction of sp³-hybridized carbons (Fsp3) is 0.324. The van der Waals surface area contributed by atoms with Crippen molar-refractivity contribution in [2.75, 3.05) is 14.2 Å². The van der Waals surface area contributed by atoms with Crippen LogP contribution in [0.5, 0.6) is 5.75 Å². The summed E-state index contributed by atoms with van der Waals surface area (Å²) in [5, 5.41) is 0. The number of likely N-dealkylation sites (N-methyl/N-ethyl adjacent to an activating group) is 1. The Morgan fingerprint density at radius 3 is 2.15 bits per heavy atom. The normalized spacial score (nSPS) is 12.5. The molecule has 0 saturated heterocycles. The van der Waals surface area contributed by atoms with E-state index in [1.54, 1.807) is 51.1 Å². The summed E-state index contributed by atoms with van der Waals surface area (Å²) in [6, 6.07) is 13.7. The van der Waals surface area contributed by atoms with E-state index in [0.29, 0.717) is 16.2 Å². The fourth-order valence-electron chi connectivity index (χ4n) is 5.22. The molecule has 0 spiro atoms. The van der Waals surface area contributed by atoms with Gasteiger partial charge >= 0.3 is 18.0 Å². The number of alkyl halides is 3. The van der Waals surface area contributed by atoms with Crippen LogP contribution < -0.4 is 16.0 Å². The molecule has 8 nitrogen and oxygen atoms in total. The standard InChI is InChI=1S/C34H34F5N3O5/c1-20-28(22-14-10-17-27(46-6)29(22)36)30(43)42(31(44)41(20)18-23-24(34(37,38)39)15-11-16-25(23)35)19-26(21-12-8-7-9-13-21)40(5)32(45)47-33(2,3)4/h7-17,26H,18-19H2,1-6H3. The van der Waals surface area contributed by atoms with E-state index in [4.69, 9.17) is 9.47 Å². The van der Waals surface area contributed by atoms with Crippen LogP contribution in [0.3, 0.4) is 0 Å². The maximum absolute atomic E-state index is 15.7. The molecule has 0 N–H and O–H groups in total. The summed E-state index contributed by atoms with van der Waals surface area (Å²) in [7, 11) is 2.61. The molecule has 4 aromatic rings. The van der Waals surface area contributed by atoms with E-state index in [0.717, 1.165) is 16.7 Å². The average Bonchev–Trinajstić information content (AvgIpc) is 2.99. The van der Waals surface area contributed by atoms with Gasteiger partial charge in [-0.2, -0.15) is 13.2 Å². The second kappa shape index (κ2) is 13.4. The van der Waals surface area contributed by atoms with Crippen LogP contribution in [0, 0.1) is 18.6 Å². The van der Waals surface area contributed by atoms with Crippen LogP contribution in [-0.4, -0.2) is 39.9 Å². The first-order valence-corrected chi connectivity index (χ1v) is 14.5.